The van der Waals surface area contributed by atoms with Gasteiger partial charge in [0.05, 0.1) is 28.9 Å². The van der Waals surface area contributed by atoms with E-state index < -0.39 is 5.60 Å². The third kappa shape index (κ3) is 2.34. The second-order valence-corrected chi connectivity index (χ2v) is 6.67. The van der Waals surface area contributed by atoms with Crippen molar-refractivity contribution in [2.24, 2.45) is 0 Å². The number of rotatable bonds is 3. The van der Waals surface area contributed by atoms with Gasteiger partial charge >= 0.3 is 0 Å². The van der Waals surface area contributed by atoms with Crippen LogP contribution in [0.15, 0.2) is 30.7 Å². The van der Waals surface area contributed by atoms with E-state index in [1.807, 2.05) is 12.1 Å². The highest BCUT2D eigenvalue weighted by atomic mass is 16.3. The predicted octanol–water partition coefficient (Wildman–Crippen LogP) is 3.61. The fourth-order valence-corrected chi connectivity index (χ4v) is 3.02. The number of imidazole rings is 1. The number of hydrogen-bond donors (Lipinski definition) is 1. The van der Waals surface area contributed by atoms with Crippen LogP contribution in [0, 0.1) is 6.57 Å². The molecule has 0 bridgehead atoms. The van der Waals surface area contributed by atoms with Crippen molar-refractivity contribution in [3.05, 3.63) is 47.8 Å². The maximum absolute atomic E-state index is 10.5. The minimum absolute atomic E-state index is 0.376. The van der Waals surface area contributed by atoms with Crippen molar-refractivity contribution in [2.45, 2.75) is 38.3 Å². The molecule has 0 spiro atoms. The molecule has 1 fully saturated rings. The second-order valence-electron chi connectivity index (χ2n) is 6.67. The Hall–Kier alpha value is -2.78. The van der Waals surface area contributed by atoms with Crippen LogP contribution < -0.4 is 0 Å². The molecule has 24 heavy (non-hydrogen) atoms. The lowest BCUT2D eigenvalue weighted by Gasteiger charge is -2.20. The maximum atomic E-state index is 10.5. The van der Waals surface area contributed by atoms with E-state index in [9.17, 15) is 5.11 Å². The van der Waals surface area contributed by atoms with Crippen molar-refractivity contribution in [1.82, 2.24) is 19.5 Å². The van der Waals surface area contributed by atoms with Gasteiger partial charge in [-0.3, -0.25) is 0 Å². The Kier molecular flexibility index (Phi) is 3.15. The average Bonchev–Trinajstić information content (AvgIpc) is 3.33. The number of hydrogen-bond acceptors (Lipinski definition) is 4. The van der Waals surface area contributed by atoms with Crippen LogP contribution in [-0.4, -0.2) is 24.6 Å². The Morgan fingerprint density at radius 1 is 1.33 bits per heavy atom. The predicted molar refractivity (Wildman–Crippen MR) is 90.5 cm³/mol. The lowest BCUT2D eigenvalue weighted by atomic mass is 10.00. The molecule has 4 rings (SSSR count). The van der Waals surface area contributed by atoms with E-state index in [0.29, 0.717) is 17.4 Å². The molecule has 0 unspecified atom stereocenters. The summed E-state index contributed by atoms with van der Waals surface area (Å²) in [5, 5.41) is 10.5. The van der Waals surface area contributed by atoms with E-state index in [4.69, 9.17) is 11.6 Å². The normalized spacial score (nSPS) is 14.8. The topological polar surface area (TPSA) is 68.2 Å². The number of aromatic nitrogens is 4. The van der Waals surface area contributed by atoms with Gasteiger partial charge in [-0.05, 0) is 38.8 Å². The Morgan fingerprint density at radius 2 is 2.12 bits per heavy atom. The van der Waals surface area contributed by atoms with Crippen molar-refractivity contribution in [1.29, 1.82) is 0 Å². The van der Waals surface area contributed by atoms with Gasteiger partial charge in [-0.2, -0.15) is 0 Å². The Bertz CT molecular complexity index is 973. The number of fused-ring (bicyclic) bond motifs is 1. The van der Waals surface area contributed by atoms with Gasteiger partial charge < -0.3 is 9.67 Å². The monoisotopic (exact) mass is 319 g/mol. The Labute approximate surface area is 139 Å². The van der Waals surface area contributed by atoms with Crippen LogP contribution in [0.4, 0.5) is 5.69 Å². The molecular weight excluding hydrogens is 302 g/mol. The largest absolute Gasteiger partial charge is 0.384 e. The molecule has 0 saturated heterocycles. The van der Waals surface area contributed by atoms with Crippen molar-refractivity contribution in [3.63, 3.8) is 0 Å². The zero-order valence-electron chi connectivity index (χ0n) is 13.6. The molecule has 1 saturated carbocycles. The highest BCUT2D eigenvalue weighted by Crippen LogP contribution is 2.43. The Morgan fingerprint density at radius 3 is 2.79 bits per heavy atom. The molecule has 2 aromatic heterocycles. The molecule has 1 aromatic carbocycles. The SMILES string of the molecule is [C-]#[N+]c1ccc2nc(-c3cncnc3C(C)(C)O)n(C3CC3)c2c1. The molecule has 1 aliphatic rings. The van der Waals surface area contributed by atoms with Crippen molar-refractivity contribution < 1.29 is 5.11 Å². The molecule has 0 radical (unpaired) electrons. The van der Waals surface area contributed by atoms with Crippen molar-refractivity contribution in [2.75, 3.05) is 0 Å². The summed E-state index contributed by atoms with van der Waals surface area (Å²) in [6, 6.07) is 5.91. The minimum atomic E-state index is -1.09. The van der Waals surface area contributed by atoms with Crippen molar-refractivity contribution >= 4 is 16.7 Å². The van der Waals surface area contributed by atoms with Gasteiger partial charge in [0.15, 0.2) is 5.69 Å². The van der Waals surface area contributed by atoms with Crippen LogP contribution in [0.5, 0.6) is 0 Å². The summed E-state index contributed by atoms with van der Waals surface area (Å²) in [6.45, 7) is 10.7. The number of benzene rings is 1. The number of aliphatic hydroxyl groups is 1. The zero-order valence-corrected chi connectivity index (χ0v) is 13.6. The first-order chi connectivity index (χ1) is 11.5. The van der Waals surface area contributed by atoms with Crippen LogP contribution in [-0.2, 0) is 5.60 Å². The van der Waals surface area contributed by atoms with Gasteiger partial charge in [0, 0.05) is 12.2 Å². The van der Waals surface area contributed by atoms with E-state index in [1.54, 1.807) is 26.1 Å². The molecule has 1 N–H and O–H groups in total. The molecule has 0 atom stereocenters. The lowest BCUT2D eigenvalue weighted by molar-refractivity contribution is 0.0742. The summed E-state index contributed by atoms with van der Waals surface area (Å²) >= 11 is 0. The third-order valence-electron chi connectivity index (χ3n) is 4.25. The van der Waals surface area contributed by atoms with Crippen LogP contribution in [0.2, 0.25) is 0 Å². The number of nitrogens with zero attached hydrogens (tertiary/aromatic N) is 5. The fraction of sp³-hybridized carbons (Fsp3) is 0.333. The molecule has 120 valence electrons. The van der Waals surface area contributed by atoms with Gasteiger partial charge in [-0.25, -0.2) is 19.8 Å². The van der Waals surface area contributed by atoms with Gasteiger partial charge in [-0.15, -0.1) is 0 Å². The summed E-state index contributed by atoms with van der Waals surface area (Å²) in [5.41, 5.74) is 2.59. The molecule has 6 nitrogen and oxygen atoms in total. The fourth-order valence-electron chi connectivity index (χ4n) is 3.02. The van der Waals surface area contributed by atoms with E-state index >= 15 is 0 Å². The first-order valence-electron chi connectivity index (χ1n) is 7.91. The lowest BCUT2D eigenvalue weighted by Crippen LogP contribution is -2.19. The summed E-state index contributed by atoms with van der Waals surface area (Å²) in [6.07, 6.45) is 5.33. The first-order valence-corrected chi connectivity index (χ1v) is 7.91. The average molecular weight is 319 g/mol. The first kappa shape index (κ1) is 14.8. The van der Waals surface area contributed by atoms with Crippen LogP contribution in [0.25, 0.3) is 27.3 Å². The quantitative estimate of drug-likeness (QED) is 0.749. The van der Waals surface area contributed by atoms with Crippen LogP contribution in [0.3, 0.4) is 0 Å². The van der Waals surface area contributed by atoms with Gasteiger partial charge in [0.25, 0.3) is 0 Å². The summed E-state index contributed by atoms with van der Waals surface area (Å²) < 4.78 is 2.16. The van der Waals surface area contributed by atoms with Crippen LogP contribution >= 0.6 is 0 Å². The van der Waals surface area contributed by atoms with Crippen LogP contribution in [0.1, 0.15) is 38.4 Å². The van der Waals surface area contributed by atoms with Gasteiger partial charge in [-0.1, -0.05) is 6.07 Å². The standard InChI is InChI=1S/C18H17N5O/c1-18(2,24)16-13(9-20-10-21-16)17-22-14-7-4-11(19-3)8-15(14)23(17)12-5-6-12/h4,7-10,12,24H,5-6H2,1-2H3. The van der Waals surface area contributed by atoms with Gasteiger partial charge in [0.2, 0.25) is 0 Å². The molecular formula is C18H17N5O. The van der Waals surface area contributed by atoms with E-state index in [-0.39, 0.29) is 0 Å². The molecule has 2 heterocycles. The minimum Gasteiger partial charge on any atom is -0.384 e. The van der Waals surface area contributed by atoms with E-state index in [2.05, 4.69) is 19.4 Å². The smallest absolute Gasteiger partial charge is 0.189 e. The molecule has 0 aliphatic heterocycles. The maximum Gasteiger partial charge on any atom is 0.189 e. The highest BCUT2D eigenvalue weighted by Gasteiger charge is 2.32. The molecule has 3 aromatic rings. The van der Waals surface area contributed by atoms with E-state index in [1.165, 1.54) is 6.33 Å². The van der Waals surface area contributed by atoms with Gasteiger partial charge in [0.1, 0.15) is 17.8 Å². The zero-order chi connectivity index (χ0) is 16.9. The molecule has 0 amide bonds. The third-order valence-corrected chi connectivity index (χ3v) is 4.25. The van der Waals surface area contributed by atoms with Crippen molar-refractivity contribution in [3.8, 4) is 11.4 Å². The second kappa shape index (κ2) is 5.11. The Balaban J connectivity index is 2.02. The highest BCUT2D eigenvalue weighted by molar-refractivity contribution is 5.84. The molecule has 6 heteroatoms. The molecule has 1 aliphatic carbocycles. The summed E-state index contributed by atoms with van der Waals surface area (Å²) in [4.78, 5) is 16.7. The van der Waals surface area contributed by atoms with E-state index in [0.717, 1.165) is 35.3 Å². The summed E-state index contributed by atoms with van der Waals surface area (Å²) in [5.74, 6) is 0.757. The summed E-state index contributed by atoms with van der Waals surface area (Å²) in [7, 11) is 0.